The van der Waals surface area contributed by atoms with Gasteiger partial charge in [0, 0.05) is 0 Å². The van der Waals surface area contributed by atoms with Gasteiger partial charge in [-0.1, -0.05) is 48.0 Å². The Bertz CT molecular complexity index is 169. The molecule has 0 aromatic heterocycles. The van der Waals surface area contributed by atoms with Gasteiger partial charge in [-0.3, -0.25) is 0 Å². The summed E-state index contributed by atoms with van der Waals surface area (Å²) < 4.78 is 0. The minimum atomic E-state index is 0.654. The second-order valence-corrected chi connectivity index (χ2v) is 5.90. The summed E-state index contributed by atoms with van der Waals surface area (Å²) >= 11 is 0. The third kappa shape index (κ3) is 2.27. The Kier molecular flexibility index (Phi) is 3.09. The molecule has 13 heavy (non-hydrogen) atoms. The van der Waals surface area contributed by atoms with Gasteiger partial charge in [0.05, 0.1) is 0 Å². The zero-order chi connectivity index (χ0) is 10.2. The zero-order valence-electron chi connectivity index (χ0n) is 10.2. The molecular weight excluding hydrogens is 156 g/mol. The summed E-state index contributed by atoms with van der Waals surface area (Å²) in [7, 11) is 0. The summed E-state index contributed by atoms with van der Waals surface area (Å²) in [6.45, 7) is 14.4. The van der Waals surface area contributed by atoms with Crippen LogP contribution in [0.15, 0.2) is 0 Å². The molecule has 0 spiro atoms. The van der Waals surface area contributed by atoms with Gasteiger partial charge in [0.15, 0.2) is 0 Å². The van der Waals surface area contributed by atoms with Crippen molar-refractivity contribution in [1.29, 1.82) is 0 Å². The predicted molar refractivity (Wildman–Crippen MR) is 59.7 cm³/mol. The van der Waals surface area contributed by atoms with E-state index in [0.717, 1.165) is 23.7 Å². The Morgan fingerprint density at radius 1 is 1.23 bits per heavy atom. The van der Waals surface area contributed by atoms with Crippen molar-refractivity contribution in [1.82, 2.24) is 0 Å². The highest BCUT2D eigenvalue weighted by atomic mass is 14.5. The summed E-state index contributed by atoms with van der Waals surface area (Å²) in [5, 5.41) is 0. The SMILES string of the molecule is CCC(C)C(C)C(C)C1CC1(C)C. The van der Waals surface area contributed by atoms with Crippen LogP contribution in [0.1, 0.15) is 54.4 Å². The first-order valence-electron chi connectivity index (χ1n) is 5.90. The van der Waals surface area contributed by atoms with E-state index in [0.29, 0.717) is 5.41 Å². The van der Waals surface area contributed by atoms with Gasteiger partial charge in [0.2, 0.25) is 0 Å². The molecule has 0 N–H and O–H groups in total. The lowest BCUT2D eigenvalue weighted by Gasteiger charge is -2.26. The van der Waals surface area contributed by atoms with E-state index in [4.69, 9.17) is 0 Å². The van der Waals surface area contributed by atoms with Crippen LogP contribution < -0.4 is 0 Å². The normalized spacial score (nSPS) is 32.3. The first-order chi connectivity index (χ1) is 5.90. The Labute approximate surface area is 84.1 Å². The molecule has 1 rings (SSSR count). The Hall–Kier alpha value is 0. The fraction of sp³-hybridized carbons (Fsp3) is 1.00. The van der Waals surface area contributed by atoms with Crippen molar-refractivity contribution in [3.8, 4) is 0 Å². The van der Waals surface area contributed by atoms with Gasteiger partial charge in [-0.05, 0) is 35.5 Å². The van der Waals surface area contributed by atoms with Crippen LogP contribution in [0.5, 0.6) is 0 Å². The summed E-state index contributed by atoms with van der Waals surface area (Å²) in [5.74, 6) is 3.71. The topological polar surface area (TPSA) is 0 Å². The fourth-order valence-corrected chi connectivity index (χ4v) is 2.66. The number of hydrogen-bond donors (Lipinski definition) is 0. The standard InChI is InChI=1S/C13H26/c1-7-9(2)10(3)11(4)12-8-13(12,5)6/h9-12H,7-8H2,1-6H3. The van der Waals surface area contributed by atoms with Crippen LogP contribution in [-0.4, -0.2) is 0 Å². The Morgan fingerprint density at radius 3 is 2.00 bits per heavy atom. The van der Waals surface area contributed by atoms with Gasteiger partial charge < -0.3 is 0 Å². The number of rotatable bonds is 4. The maximum Gasteiger partial charge on any atom is -0.0320 e. The van der Waals surface area contributed by atoms with Gasteiger partial charge >= 0.3 is 0 Å². The predicted octanol–water partition coefficient (Wildman–Crippen LogP) is 4.35. The molecule has 0 nitrogen and oxygen atoms in total. The van der Waals surface area contributed by atoms with Crippen LogP contribution >= 0.6 is 0 Å². The van der Waals surface area contributed by atoms with Crippen LogP contribution in [0.2, 0.25) is 0 Å². The quantitative estimate of drug-likeness (QED) is 0.606. The van der Waals surface area contributed by atoms with E-state index in [1.165, 1.54) is 12.8 Å². The van der Waals surface area contributed by atoms with E-state index < -0.39 is 0 Å². The average Bonchev–Trinajstić information content (AvgIpc) is 2.71. The first-order valence-corrected chi connectivity index (χ1v) is 5.90. The van der Waals surface area contributed by atoms with Crippen LogP contribution in [0.25, 0.3) is 0 Å². The molecule has 78 valence electrons. The second-order valence-electron chi connectivity index (χ2n) is 5.90. The van der Waals surface area contributed by atoms with Gasteiger partial charge in [0.1, 0.15) is 0 Å². The van der Waals surface area contributed by atoms with Crippen molar-refractivity contribution in [2.24, 2.45) is 29.1 Å². The molecule has 0 heterocycles. The minimum Gasteiger partial charge on any atom is -0.0651 e. The monoisotopic (exact) mass is 182 g/mol. The van der Waals surface area contributed by atoms with Gasteiger partial charge in [-0.25, -0.2) is 0 Å². The lowest BCUT2D eigenvalue weighted by atomic mass is 9.79. The molecule has 1 aliphatic rings. The molecule has 0 radical (unpaired) electrons. The first kappa shape index (κ1) is 11.1. The molecule has 1 aliphatic carbocycles. The van der Waals surface area contributed by atoms with E-state index in [9.17, 15) is 0 Å². The van der Waals surface area contributed by atoms with Crippen molar-refractivity contribution >= 4 is 0 Å². The summed E-state index contributed by atoms with van der Waals surface area (Å²) in [6, 6.07) is 0. The van der Waals surface area contributed by atoms with Crippen molar-refractivity contribution in [3.63, 3.8) is 0 Å². The van der Waals surface area contributed by atoms with Gasteiger partial charge in [0.25, 0.3) is 0 Å². The number of hydrogen-bond acceptors (Lipinski definition) is 0. The smallest absolute Gasteiger partial charge is 0.0320 e. The molecule has 1 saturated carbocycles. The molecule has 4 unspecified atom stereocenters. The van der Waals surface area contributed by atoms with Crippen LogP contribution in [0, 0.1) is 29.1 Å². The van der Waals surface area contributed by atoms with Crippen molar-refractivity contribution < 1.29 is 0 Å². The minimum absolute atomic E-state index is 0.654. The second kappa shape index (κ2) is 3.63. The van der Waals surface area contributed by atoms with Crippen molar-refractivity contribution in [2.45, 2.75) is 54.4 Å². The van der Waals surface area contributed by atoms with Crippen molar-refractivity contribution in [2.75, 3.05) is 0 Å². The lowest BCUT2D eigenvalue weighted by Crippen LogP contribution is -2.19. The van der Waals surface area contributed by atoms with Gasteiger partial charge in [-0.15, -0.1) is 0 Å². The van der Waals surface area contributed by atoms with E-state index >= 15 is 0 Å². The van der Waals surface area contributed by atoms with E-state index in [1.54, 1.807) is 0 Å². The Balaban J connectivity index is 2.44. The summed E-state index contributed by atoms with van der Waals surface area (Å²) in [4.78, 5) is 0. The molecule has 1 fully saturated rings. The zero-order valence-corrected chi connectivity index (χ0v) is 10.2. The fourth-order valence-electron chi connectivity index (χ4n) is 2.66. The molecule has 0 aliphatic heterocycles. The molecule has 0 bridgehead atoms. The van der Waals surface area contributed by atoms with Crippen LogP contribution in [0.3, 0.4) is 0 Å². The average molecular weight is 182 g/mol. The molecule has 0 saturated heterocycles. The molecule has 0 aromatic carbocycles. The lowest BCUT2D eigenvalue weighted by molar-refractivity contribution is 0.229. The van der Waals surface area contributed by atoms with Crippen LogP contribution in [0.4, 0.5) is 0 Å². The summed E-state index contributed by atoms with van der Waals surface area (Å²) in [5.41, 5.74) is 0.654. The van der Waals surface area contributed by atoms with E-state index in [2.05, 4.69) is 41.5 Å². The third-order valence-electron chi connectivity index (χ3n) is 4.60. The van der Waals surface area contributed by atoms with E-state index in [1.807, 2.05) is 0 Å². The molecule has 4 atom stereocenters. The molecule has 0 heteroatoms. The van der Waals surface area contributed by atoms with E-state index in [-0.39, 0.29) is 0 Å². The largest absolute Gasteiger partial charge is 0.0651 e. The highest BCUT2D eigenvalue weighted by Crippen LogP contribution is 2.57. The maximum absolute atomic E-state index is 2.45. The molecule has 0 aromatic rings. The third-order valence-corrected chi connectivity index (χ3v) is 4.60. The molecule has 0 amide bonds. The maximum atomic E-state index is 2.45. The van der Waals surface area contributed by atoms with Crippen molar-refractivity contribution in [3.05, 3.63) is 0 Å². The highest BCUT2D eigenvalue weighted by molar-refractivity contribution is 4.99. The Morgan fingerprint density at radius 2 is 1.69 bits per heavy atom. The highest BCUT2D eigenvalue weighted by Gasteiger charge is 2.49. The van der Waals surface area contributed by atoms with Gasteiger partial charge in [-0.2, -0.15) is 0 Å². The summed E-state index contributed by atoms with van der Waals surface area (Å²) in [6.07, 6.45) is 2.79. The van der Waals surface area contributed by atoms with Crippen LogP contribution in [-0.2, 0) is 0 Å². The molecular formula is C13H26.